The first kappa shape index (κ1) is 19.3. The minimum Gasteiger partial charge on any atom is -0.496 e. The van der Waals surface area contributed by atoms with E-state index in [0.29, 0.717) is 16.9 Å². The number of carbonyl (C=O) groups is 2. The molecule has 2 amide bonds. The lowest BCUT2D eigenvalue weighted by atomic mass is 10.1. The van der Waals surface area contributed by atoms with Gasteiger partial charge >= 0.3 is 0 Å². The minimum absolute atomic E-state index is 0.365. The van der Waals surface area contributed by atoms with Crippen molar-refractivity contribution in [1.82, 2.24) is 10.9 Å². The Morgan fingerprint density at radius 1 is 0.962 bits per heavy atom. The molecule has 0 aliphatic carbocycles. The third-order valence-electron chi connectivity index (χ3n) is 4.15. The number of anilines is 1. The van der Waals surface area contributed by atoms with Crippen LogP contribution in [0.4, 0.5) is 5.69 Å². The third kappa shape index (κ3) is 4.53. The second-order valence-corrected chi connectivity index (χ2v) is 5.83. The Morgan fingerprint density at radius 3 is 2.15 bits per heavy atom. The van der Waals surface area contributed by atoms with E-state index in [1.165, 1.54) is 7.11 Å². The molecule has 2 rings (SSSR count). The molecule has 0 spiro atoms. The van der Waals surface area contributed by atoms with E-state index in [2.05, 4.69) is 29.6 Å². The quantitative estimate of drug-likeness (QED) is 0.782. The summed E-state index contributed by atoms with van der Waals surface area (Å²) in [7, 11) is 1.50. The van der Waals surface area contributed by atoms with Gasteiger partial charge in [-0.05, 0) is 57.2 Å². The van der Waals surface area contributed by atoms with Crippen molar-refractivity contribution in [2.75, 3.05) is 25.1 Å². The van der Waals surface area contributed by atoms with Gasteiger partial charge in [0, 0.05) is 24.3 Å². The van der Waals surface area contributed by atoms with E-state index < -0.39 is 5.91 Å². The number of carbonyl (C=O) groups excluding carboxylic acids is 2. The van der Waals surface area contributed by atoms with Gasteiger partial charge in [0.25, 0.3) is 11.8 Å². The molecule has 0 aromatic heterocycles. The molecule has 6 nitrogen and oxygen atoms in total. The highest BCUT2D eigenvalue weighted by atomic mass is 16.5. The maximum Gasteiger partial charge on any atom is 0.273 e. The van der Waals surface area contributed by atoms with Crippen LogP contribution in [-0.4, -0.2) is 32.0 Å². The van der Waals surface area contributed by atoms with Gasteiger partial charge in [-0.2, -0.15) is 0 Å². The molecular weight excluding hydrogens is 330 g/mol. The van der Waals surface area contributed by atoms with E-state index in [1.807, 2.05) is 25.1 Å². The number of nitrogens with zero attached hydrogens (tertiary/aromatic N) is 1. The van der Waals surface area contributed by atoms with Crippen LogP contribution < -0.4 is 20.5 Å². The van der Waals surface area contributed by atoms with Crippen molar-refractivity contribution in [3.63, 3.8) is 0 Å². The topological polar surface area (TPSA) is 70.7 Å². The van der Waals surface area contributed by atoms with Crippen molar-refractivity contribution < 1.29 is 14.3 Å². The number of methoxy groups -OCH3 is 1. The van der Waals surface area contributed by atoms with Gasteiger partial charge in [0.1, 0.15) is 5.75 Å². The van der Waals surface area contributed by atoms with Crippen LogP contribution in [0.3, 0.4) is 0 Å². The third-order valence-corrected chi connectivity index (χ3v) is 4.15. The summed E-state index contributed by atoms with van der Waals surface area (Å²) in [5.41, 5.74) is 7.68. The number of aryl methyl sites for hydroxylation is 1. The molecule has 2 aromatic carbocycles. The van der Waals surface area contributed by atoms with Gasteiger partial charge in [-0.25, -0.2) is 0 Å². The molecule has 2 N–H and O–H groups in total. The molecule has 0 bridgehead atoms. The number of ether oxygens (including phenoxy) is 1. The Kier molecular flexibility index (Phi) is 6.60. The maximum absolute atomic E-state index is 12.3. The number of hydrazine groups is 1. The van der Waals surface area contributed by atoms with Crippen LogP contribution in [0.5, 0.6) is 5.75 Å². The highest BCUT2D eigenvalue weighted by Gasteiger charge is 2.14. The molecule has 138 valence electrons. The average Bonchev–Trinajstić information content (AvgIpc) is 2.67. The van der Waals surface area contributed by atoms with Gasteiger partial charge in [0.15, 0.2) is 0 Å². The van der Waals surface area contributed by atoms with Crippen molar-refractivity contribution in [2.24, 2.45) is 0 Å². The first-order valence-electron chi connectivity index (χ1n) is 8.60. The number of benzene rings is 2. The van der Waals surface area contributed by atoms with Crippen LogP contribution in [0.15, 0.2) is 42.5 Å². The summed E-state index contributed by atoms with van der Waals surface area (Å²) in [5.74, 6) is -0.361. The largest absolute Gasteiger partial charge is 0.496 e. The van der Waals surface area contributed by atoms with Crippen LogP contribution in [0.2, 0.25) is 0 Å². The molecule has 0 unspecified atom stereocenters. The van der Waals surface area contributed by atoms with Gasteiger partial charge < -0.3 is 9.64 Å². The van der Waals surface area contributed by atoms with Crippen molar-refractivity contribution >= 4 is 17.5 Å². The fourth-order valence-corrected chi connectivity index (χ4v) is 2.66. The Labute approximate surface area is 154 Å². The van der Waals surface area contributed by atoms with Crippen molar-refractivity contribution in [3.8, 4) is 5.75 Å². The number of hydrogen-bond acceptors (Lipinski definition) is 4. The number of hydrogen-bond donors (Lipinski definition) is 2. The second-order valence-electron chi connectivity index (χ2n) is 5.83. The Morgan fingerprint density at radius 2 is 1.58 bits per heavy atom. The standard InChI is InChI=1S/C20H25N3O3/c1-5-23(6-2)16-10-8-15(9-11-16)19(24)21-22-20(25)17-13-14(3)7-12-18(17)26-4/h7-13H,5-6H2,1-4H3,(H,21,24)(H,22,25). The molecular formula is C20H25N3O3. The molecule has 2 aromatic rings. The molecule has 0 saturated carbocycles. The Balaban J connectivity index is 2.02. The SMILES string of the molecule is CCN(CC)c1ccc(C(=O)NNC(=O)c2cc(C)ccc2OC)cc1. The Hall–Kier alpha value is -3.02. The number of rotatable bonds is 6. The molecule has 0 radical (unpaired) electrons. The normalized spacial score (nSPS) is 10.2. The first-order chi connectivity index (χ1) is 12.5. The van der Waals surface area contributed by atoms with Crippen LogP contribution in [0, 0.1) is 6.92 Å². The van der Waals surface area contributed by atoms with Gasteiger partial charge in [-0.3, -0.25) is 20.4 Å². The molecule has 0 aliphatic heterocycles. The van der Waals surface area contributed by atoms with Gasteiger partial charge in [-0.1, -0.05) is 11.6 Å². The van der Waals surface area contributed by atoms with E-state index >= 15 is 0 Å². The molecule has 6 heteroatoms. The summed E-state index contributed by atoms with van der Waals surface area (Å²) in [4.78, 5) is 26.8. The molecule has 0 saturated heterocycles. The lowest BCUT2D eigenvalue weighted by Gasteiger charge is -2.21. The zero-order chi connectivity index (χ0) is 19.1. The summed E-state index contributed by atoms with van der Waals surface area (Å²) in [6.45, 7) is 7.84. The monoisotopic (exact) mass is 355 g/mol. The van der Waals surface area contributed by atoms with E-state index in [-0.39, 0.29) is 5.91 Å². The van der Waals surface area contributed by atoms with Gasteiger partial charge in [-0.15, -0.1) is 0 Å². The van der Waals surface area contributed by atoms with Gasteiger partial charge in [0.2, 0.25) is 0 Å². The lowest BCUT2D eigenvalue weighted by molar-refractivity contribution is 0.0845. The van der Waals surface area contributed by atoms with Crippen LogP contribution in [0.1, 0.15) is 40.1 Å². The first-order valence-corrected chi connectivity index (χ1v) is 8.60. The molecule has 0 aliphatic rings. The molecule has 0 fully saturated rings. The van der Waals surface area contributed by atoms with E-state index in [9.17, 15) is 9.59 Å². The fourth-order valence-electron chi connectivity index (χ4n) is 2.66. The predicted molar refractivity (Wildman–Crippen MR) is 103 cm³/mol. The van der Waals surface area contributed by atoms with Crippen LogP contribution in [0.25, 0.3) is 0 Å². The van der Waals surface area contributed by atoms with Gasteiger partial charge in [0.05, 0.1) is 12.7 Å². The number of nitrogens with one attached hydrogen (secondary N) is 2. The summed E-state index contributed by atoms with van der Waals surface area (Å²) in [6.07, 6.45) is 0. The second kappa shape index (κ2) is 8.89. The van der Waals surface area contributed by atoms with Crippen molar-refractivity contribution in [3.05, 3.63) is 59.2 Å². The highest BCUT2D eigenvalue weighted by Crippen LogP contribution is 2.19. The number of amides is 2. The average molecular weight is 355 g/mol. The van der Waals surface area contributed by atoms with E-state index in [1.54, 1.807) is 24.3 Å². The molecule has 0 heterocycles. The summed E-state index contributed by atoms with van der Waals surface area (Å²) < 4.78 is 5.19. The lowest BCUT2D eigenvalue weighted by Crippen LogP contribution is -2.41. The van der Waals surface area contributed by atoms with Crippen LogP contribution in [-0.2, 0) is 0 Å². The van der Waals surface area contributed by atoms with Crippen molar-refractivity contribution in [2.45, 2.75) is 20.8 Å². The minimum atomic E-state index is -0.432. The summed E-state index contributed by atoms with van der Waals surface area (Å²) in [5, 5.41) is 0. The summed E-state index contributed by atoms with van der Waals surface area (Å²) >= 11 is 0. The molecule has 26 heavy (non-hydrogen) atoms. The predicted octanol–water partition coefficient (Wildman–Crippen LogP) is 2.92. The smallest absolute Gasteiger partial charge is 0.273 e. The zero-order valence-electron chi connectivity index (χ0n) is 15.6. The van der Waals surface area contributed by atoms with E-state index in [0.717, 1.165) is 24.3 Å². The highest BCUT2D eigenvalue weighted by molar-refractivity contribution is 6.00. The Bertz CT molecular complexity index is 768. The van der Waals surface area contributed by atoms with Crippen molar-refractivity contribution in [1.29, 1.82) is 0 Å². The fraction of sp³-hybridized carbons (Fsp3) is 0.300. The molecule has 0 atom stereocenters. The van der Waals surface area contributed by atoms with E-state index in [4.69, 9.17) is 4.74 Å². The van der Waals surface area contributed by atoms with Crippen LogP contribution >= 0.6 is 0 Å². The maximum atomic E-state index is 12.3. The zero-order valence-corrected chi connectivity index (χ0v) is 15.6. The summed E-state index contributed by atoms with van der Waals surface area (Å²) in [6, 6.07) is 12.5.